The van der Waals surface area contributed by atoms with E-state index in [0.717, 1.165) is 38.0 Å². The van der Waals surface area contributed by atoms with E-state index in [4.69, 9.17) is 9.47 Å². The summed E-state index contributed by atoms with van der Waals surface area (Å²) in [5.74, 6) is -0.124. The number of ether oxygens (including phenoxy) is 2. The molecule has 1 aliphatic heterocycles. The van der Waals surface area contributed by atoms with E-state index in [0.29, 0.717) is 6.61 Å². The number of aromatic nitrogens is 2. The lowest BCUT2D eigenvalue weighted by Crippen LogP contribution is -2.51. The Morgan fingerprint density at radius 1 is 1.35 bits per heavy atom. The standard InChI is InChI=1S/C24H32N4O3/c1-4-13-31-23-22(26-21(29)17-30-3)19-7-5-6-8-20(19)24(23)9-11-28(12-10-24)16-18-14-25-27(2)15-18/h4-8,14-15,22-23H,1,9-13,16-17H2,2-3H3,(H,26,29)/t22-,23+/m1/s1. The van der Waals surface area contributed by atoms with Crippen LogP contribution < -0.4 is 5.32 Å². The number of hydrogen-bond acceptors (Lipinski definition) is 5. The first-order valence-corrected chi connectivity index (χ1v) is 10.9. The minimum Gasteiger partial charge on any atom is -0.375 e. The van der Waals surface area contributed by atoms with Crippen LogP contribution >= 0.6 is 0 Å². The van der Waals surface area contributed by atoms with Crippen LogP contribution in [-0.2, 0) is 33.3 Å². The molecule has 1 aromatic heterocycles. The highest BCUT2D eigenvalue weighted by Crippen LogP contribution is 2.52. The van der Waals surface area contributed by atoms with E-state index in [9.17, 15) is 4.79 Å². The molecule has 0 unspecified atom stereocenters. The summed E-state index contributed by atoms with van der Waals surface area (Å²) in [6, 6.07) is 8.26. The minimum absolute atomic E-state index is 0.0404. The molecule has 1 saturated heterocycles. The highest BCUT2D eigenvalue weighted by Gasteiger charge is 2.54. The SMILES string of the molecule is C=CCO[C@H]1[C@H](NC(=O)COC)c2ccccc2C12CCN(Cc1cnn(C)c1)CC2. The Labute approximate surface area is 184 Å². The highest BCUT2D eigenvalue weighted by molar-refractivity contribution is 5.78. The molecular weight excluding hydrogens is 392 g/mol. The molecule has 0 bridgehead atoms. The predicted molar refractivity (Wildman–Crippen MR) is 119 cm³/mol. The maximum Gasteiger partial charge on any atom is 0.246 e. The first-order chi connectivity index (χ1) is 15.1. The topological polar surface area (TPSA) is 68.6 Å². The number of nitrogens with zero attached hydrogens (tertiary/aromatic N) is 3. The molecule has 2 heterocycles. The van der Waals surface area contributed by atoms with Crippen molar-refractivity contribution in [1.82, 2.24) is 20.0 Å². The van der Waals surface area contributed by atoms with Gasteiger partial charge in [0.1, 0.15) is 6.61 Å². The number of amides is 1. The Balaban J connectivity index is 1.58. The summed E-state index contributed by atoms with van der Waals surface area (Å²) in [6.07, 6.45) is 7.61. The molecule has 2 aliphatic rings. The number of carbonyl (C=O) groups excluding carboxylic acids is 1. The normalized spacial score (nSPS) is 22.4. The molecule has 2 aromatic rings. The second-order valence-electron chi connectivity index (χ2n) is 8.56. The van der Waals surface area contributed by atoms with E-state index in [1.165, 1.54) is 18.2 Å². The number of carbonyl (C=O) groups is 1. The van der Waals surface area contributed by atoms with Crippen molar-refractivity contribution < 1.29 is 14.3 Å². The van der Waals surface area contributed by atoms with E-state index in [1.807, 2.05) is 24.0 Å². The molecule has 1 aromatic carbocycles. The van der Waals surface area contributed by atoms with Gasteiger partial charge in [0.2, 0.25) is 5.91 Å². The monoisotopic (exact) mass is 424 g/mol. The molecule has 2 atom stereocenters. The van der Waals surface area contributed by atoms with Crippen LogP contribution in [0.2, 0.25) is 0 Å². The smallest absolute Gasteiger partial charge is 0.246 e. The number of piperidine rings is 1. The summed E-state index contributed by atoms with van der Waals surface area (Å²) in [6.45, 7) is 7.16. The van der Waals surface area contributed by atoms with Gasteiger partial charge in [-0.05, 0) is 37.1 Å². The van der Waals surface area contributed by atoms with Gasteiger partial charge in [-0.1, -0.05) is 30.3 Å². The van der Waals surface area contributed by atoms with Crippen molar-refractivity contribution in [2.75, 3.05) is 33.4 Å². The van der Waals surface area contributed by atoms with Crippen molar-refractivity contribution in [1.29, 1.82) is 0 Å². The van der Waals surface area contributed by atoms with Gasteiger partial charge in [0.05, 0.1) is 24.9 Å². The lowest BCUT2D eigenvalue weighted by atomic mass is 9.71. The van der Waals surface area contributed by atoms with E-state index in [1.54, 1.807) is 6.08 Å². The van der Waals surface area contributed by atoms with E-state index in [2.05, 4.69) is 46.3 Å². The summed E-state index contributed by atoms with van der Waals surface area (Å²) >= 11 is 0. The highest BCUT2D eigenvalue weighted by atomic mass is 16.5. The first kappa shape index (κ1) is 21.7. The fourth-order valence-corrected chi connectivity index (χ4v) is 5.26. The van der Waals surface area contributed by atoms with Gasteiger partial charge in [0, 0.05) is 37.9 Å². The van der Waals surface area contributed by atoms with Crippen molar-refractivity contribution in [3.05, 3.63) is 66.0 Å². The van der Waals surface area contributed by atoms with Crippen molar-refractivity contribution in [3.8, 4) is 0 Å². The summed E-state index contributed by atoms with van der Waals surface area (Å²) in [5.41, 5.74) is 3.56. The van der Waals surface area contributed by atoms with Crippen LogP contribution in [0.1, 0.15) is 35.6 Å². The van der Waals surface area contributed by atoms with Crippen LogP contribution in [0.4, 0.5) is 0 Å². The fourth-order valence-electron chi connectivity index (χ4n) is 5.26. The molecule has 1 N–H and O–H groups in total. The average Bonchev–Trinajstić information content (AvgIpc) is 3.28. The van der Waals surface area contributed by atoms with Crippen molar-refractivity contribution >= 4 is 5.91 Å². The summed E-state index contributed by atoms with van der Waals surface area (Å²) in [5, 5.41) is 7.46. The molecule has 1 aliphatic carbocycles. The molecule has 31 heavy (non-hydrogen) atoms. The van der Waals surface area contributed by atoms with Crippen molar-refractivity contribution in [3.63, 3.8) is 0 Å². The molecule has 1 amide bonds. The average molecular weight is 425 g/mol. The second kappa shape index (κ2) is 9.34. The molecular formula is C24H32N4O3. The van der Waals surface area contributed by atoms with Gasteiger partial charge in [-0.3, -0.25) is 14.4 Å². The van der Waals surface area contributed by atoms with Crippen LogP contribution in [0, 0.1) is 0 Å². The van der Waals surface area contributed by atoms with Crippen molar-refractivity contribution in [2.24, 2.45) is 7.05 Å². The third-order valence-electron chi connectivity index (χ3n) is 6.58. The first-order valence-electron chi connectivity index (χ1n) is 10.9. The Bertz CT molecular complexity index is 917. The Kier molecular flexibility index (Phi) is 6.55. The number of benzene rings is 1. The van der Waals surface area contributed by atoms with Crippen LogP contribution in [0.3, 0.4) is 0 Å². The van der Waals surface area contributed by atoms with Crippen LogP contribution in [0.15, 0.2) is 49.3 Å². The molecule has 4 rings (SSSR count). The number of fused-ring (bicyclic) bond motifs is 2. The number of rotatable bonds is 8. The zero-order valence-electron chi connectivity index (χ0n) is 18.4. The van der Waals surface area contributed by atoms with Gasteiger partial charge in [-0.2, -0.15) is 5.10 Å². The van der Waals surface area contributed by atoms with Gasteiger partial charge in [0.25, 0.3) is 0 Å². The third-order valence-corrected chi connectivity index (χ3v) is 6.58. The number of methoxy groups -OCH3 is 1. The van der Waals surface area contributed by atoms with Crippen LogP contribution in [0.25, 0.3) is 0 Å². The number of likely N-dealkylation sites (tertiary alicyclic amines) is 1. The van der Waals surface area contributed by atoms with Gasteiger partial charge >= 0.3 is 0 Å². The molecule has 1 fully saturated rings. The van der Waals surface area contributed by atoms with Gasteiger partial charge in [-0.25, -0.2) is 0 Å². The molecule has 166 valence electrons. The number of aryl methyl sites for hydroxylation is 1. The van der Waals surface area contributed by atoms with Crippen LogP contribution in [0.5, 0.6) is 0 Å². The van der Waals surface area contributed by atoms with E-state index >= 15 is 0 Å². The Morgan fingerprint density at radius 2 is 2.13 bits per heavy atom. The van der Waals surface area contributed by atoms with Gasteiger partial charge in [-0.15, -0.1) is 6.58 Å². The van der Waals surface area contributed by atoms with Gasteiger partial charge in [0.15, 0.2) is 0 Å². The molecule has 0 saturated carbocycles. The quantitative estimate of drug-likeness (QED) is 0.659. The Hall–Kier alpha value is -2.48. The summed E-state index contributed by atoms with van der Waals surface area (Å²) < 4.78 is 13.3. The van der Waals surface area contributed by atoms with Crippen LogP contribution in [-0.4, -0.2) is 60.1 Å². The summed E-state index contributed by atoms with van der Waals surface area (Å²) in [4.78, 5) is 14.9. The minimum atomic E-state index is -0.191. The molecule has 7 heteroatoms. The number of nitrogens with one attached hydrogen (secondary N) is 1. The Morgan fingerprint density at radius 3 is 2.81 bits per heavy atom. The van der Waals surface area contributed by atoms with E-state index in [-0.39, 0.29) is 30.1 Å². The molecule has 7 nitrogen and oxygen atoms in total. The molecule has 0 radical (unpaired) electrons. The maximum atomic E-state index is 12.4. The lowest BCUT2D eigenvalue weighted by molar-refractivity contribution is -0.127. The zero-order valence-corrected chi connectivity index (χ0v) is 18.4. The maximum absolute atomic E-state index is 12.4. The summed E-state index contributed by atoms with van der Waals surface area (Å²) in [7, 11) is 3.48. The zero-order chi connectivity index (χ0) is 21.8. The number of hydrogen-bond donors (Lipinski definition) is 1. The van der Waals surface area contributed by atoms with Crippen molar-refractivity contribution in [2.45, 2.75) is 36.9 Å². The molecule has 1 spiro atoms. The predicted octanol–water partition coefficient (Wildman–Crippen LogP) is 2.34. The fraction of sp³-hybridized carbons (Fsp3) is 0.500. The van der Waals surface area contributed by atoms with Gasteiger partial charge < -0.3 is 14.8 Å². The largest absolute Gasteiger partial charge is 0.375 e. The lowest BCUT2D eigenvalue weighted by Gasteiger charge is -2.44. The third kappa shape index (κ3) is 4.31. The van der Waals surface area contributed by atoms with E-state index < -0.39 is 0 Å². The second-order valence-corrected chi connectivity index (χ2v) is 8.56.